The maximum Gasteiger partial charge on any atom is 0.323 e. The first-order valence-corrected chi connectivity index (χ1v) is 11.3. The van der Waals surface area contributed by atoms with Gasteiger partial charge in [-0.3, -0.25) is 4.79 Å². The fourth-order valence-electron chi connectivity index (χ4n) is 3.73. The highest BCUT2D eigenvalue weighted by Crippen LogP contribution is 2.26. The molecule has 3 amide bonds. The van der Waals surface area contributed by atoms with E-state index in [0.717, 1.165) is 6.54 Å². The molecule has 0 saturated carbocycles. The first-order valence-electron chi connectivity index (χ1n) is 11.3. The van der Waals surface area contributed by atoms with Gasteiger partial charge in [0.1, 0.15) is 18.1 Å². The zero-order chi connectivity index (χ0) is 24.7. The van der Waals surface area contributed by atoms with Crippen LogP contribution in [0.5, 0.6) is 11.5 Å². The van der Waals surface area contributed by atoms with Crippen molar-refractivity contribution in [2.75, 3.05) is 51.6 Å². The van der Waals surface area contributed by atoms with Crippen LogP contribution in [0.2, 0.25) is 0 Å². The van der Waals surface area contributed by atoms with Crippen LogP contribution in [-0.2, 0) is 4.74 Å². The van der Waals surface area contributed by atoms with Crippen molar-refractivity contribution in [1.82, 2.24) is 10.2 Å². The highest BCUT2D eigenvalue weighted by Gasteiger charge is 2.25. The molecule has 0 fully saturated rings. The van der Waals surface area contributed by atoms with Crippen LogP contribution in [0.25, 0.3) is 0 Å². The molecule has 0 unspecified atom stereocenters. The highest BCUT2D eigenvalue weighted by molar-refractivity contribution is 6.02. The lowest BCUT2D eigenvalue weighted by atomic mass is 10.0. The van der Waals surface area contributed by atoms with Gasteiger partial charge in [-0.1, -0.05) is 13.0 Å². The predicted octanol–water partition coefficient (Wildman–Crippen LogP) is 3.43. The number of urea groups is 1. The minimum atomic E-state index is -0.436. The summed E-state index contributed by atoms with van der Waals surface area (Å²) in [5, 5.41) is 9.00. The van der Waals surface area contributed by atoms with Crippen molar-refractivity contribution in [3.05, 3.63) is 48.0 Å². The number of amides is 3. The Morgan fingerprint density at radius 2 is 1.85 bits per heavy atom. The second-order valence-electron chi connectivity index (χ2n) is 8.58. The van der Waals surface area contributed by atoms with Crippen LogP contribution in [0.1, 0.15) is 24.2 Å². The summed E-state index contributed by atoms with van der Waals surface area (Å²) >= 11 is 0. The topological polar surface area (TPSA) is 101 Å². The first-order chi connectivity index (χ1) is 16.3. The van der Waals surface area contributed by atoms with E-state index in [4.69, 9.17) is 14.2 Å². The quantitative estimate of drug-likeness (QED) is 0.633. The molecule has 0 bridgehead atoms. The third-order valence-corrected chi connectivity index (χ3v) is 5.81. The van der Waals surface area contributed by atoms with Crippen LogP contribution in [0.4, 0.5) is 16.2 Å². The number of rotatable bonds is 4. The Balaban J connectivity index is 1.81. The summed E-state index contributed by atoms with van der Waals surface area (Å²) in [6, 6.07) is 11.8. The molecule has 34 heavy (non-hydrogen) atoms. The number of carbonyl (C=O) groups is 2. The van der Waals surface area contributed by atoms with Crippen molar-refractivity contribution in [3.63, 3.8) is 0 Å². The normalized spacial score (nSPS) is 21.4. The number of ether oxygens (including phenoxy) is 3. The molecule has 184 valence electrons. The van der Waals surface area contributed by atoms with E-state index in [2.05, 4.69) is 22.9 Å². The number of fused-ring (bicyclic) bond motifs is 1. The Morgan fingerprint density at radius 1 is 1.12 bits per heavy atom. The standard InChI is InChI=1S/C25H34N4O5/c1-16-13-26-17(2)15-34-22-10-9-19(12-21(22)24(30)29(3)14-23(16)33-5)28-25(31)27-18-7-6-8-20(11-18)32-4/h6-12,16-17,23,26H,13-15H2,1-5H3,(H2,27,28,31)/t16-,17+,23-/m0/s1. The fraction of sp³-hybridized carbons (Fsp3) is 0.440. The monoisotopic (exact) mass is 470 g/mol. The SMILES string of the molecule is COc1cccc(NC(=O)Nc2ccc3c(c2)C(=O)N(C)C[C@H](OC)[C@@H](C)CN[C@H](C)CO3)c1. The maximum absolute atomic E-state index is 13.3. The number of anilines is 2. The van der Waals surface area contributed by atoms with Gasteiger partial charge in [-0.25, -0.2) is 4.79 Å². The molecule has 1 aliphatic rings. The smallest absolute Gasteiger partial charge is 0.323 e. The van der Waals surface area contributed by atoms with Gasteiger partial charge in [-0.15, -0.1) is 0 Å². The number of hydrogen-bond acceptors (Lipinski definition) is 6. The van der Waals surface area contributed by atoms with Crippen molar-refractivity contribution in [1.29, 1.82) is 0 Å². The van der Waals surface area contributed by atoms with E-state index in [1.165, 1.54) is 0 Å². The van der Waals surface area contributed by atoms with Crippen LogP contribution in [-0.4, -0.2) is 69.9 Å². The minimum Gasteiger partial charge on any atom is -0.497 e. The number of hydrogen-bond donors (Lipinski definition) is 3. The van der Waals surface area contributed by atoms with Crippen LogP contribution < -0.4 is 25.4 Å². The number of benzene rings is 2. The van der Waals surface area contributed by atoms with E-state index in [0.29, 0.717) is 41.6 Å². The van der Waals surface area contributed by atoms with Gasteiger partial charge in [0.05, 0.1) is 18.8 Å². The van der Waals surface area contributed by atoms with E-state index in [1.54, 1.807) is 68.6 Å². The van der Waals surface area contributed by atoms with Gasteiger partial charge >= 0.3 is 6.03 Å². The molecule has 0 aromatic heterocycles. The van der Waals surface area contributed by atoms with Crippen LogP contribution >= 0.6 is 0 Å². The summed E-state index contributed by atoms with van der Waals surface area (Å²) in [5.74, 6) is 1.10. The van der Waals surface area contributed by atoms with Gasteiger partial charge in [0.15, 0.2) is 0 Å². The molecule has 3 atom stereocenters. The average Bonchev–Trinajstić information content (AvgIpc) is 2.83. The molecule has 1 heterocycles. The largest absolute Gasteiger partial charge is 0.497 e. The molecular formula is C25H34N4O5. The van der Waals surface area contributed by atoms with Crippen LogP contribution in [0, 0.1) is 5.92 Å². The van der Waals surface area contributed by atoms with E-state index in [9.17, 15) is 9.59 Å². The number of likely N-dealkylation sites (N-methyl/N-ethyl adjacent to an activating group) is 1. The molecule has 0 radical (unpaired) electrons. The third-order valence-electron chi connectivity index (χ3n) is 5.81. The summed E-state index contributed by atoms with van der Waals surface area (Å²) in [7, 11) is 4.96. The lowest BCUT2D eigenvalue weighted by Crippen LogP contribution is -2.44. The van der Waals surface area contributed by atoms with Crippen molar-refractivity contribution in [2.24, 2.45) is 5.92 Å². The Hall–Kier alpha value is -3.30. The second-order valence-corrected chi connectivity index (χ2v) is 8.58. The van der Waals surface area contributed by atoms with Gasteiger partial charge in [-0.2, -0.15) is 0 Å². The third kappa shape index (κ3) is 6.61. The summed E-state index contributed by atoms with van der Waals surface area (Å²) in [6.45, 7) is 5.71. The lowest BCUT2D eigenvalue weighted by Gasteiger charge is -2.30. The Labute approximate surface area is 200 Å². The van der Waals surface area contributed by atoms with Gasteiger partial charge in [-0.05, 0) is 43.2 Å². The summed E-state index contributed by atoms with van der Waals surface area (Å²) in [5.41, 5.74) is 1.43. The molecular weight excluding hydrogens is 436 g/mol. The van der Waals surface area contributed by atoms with E-state index in [-0.39, 0.29) is 24.0 Å². The van der Waals surface area contributed by atoms with Crippen LogP contribution in [0.15, 0.2) is 42.5 Å². The van der Waals surface area contributed by atoms with Gasteiger partial charge in [0.25, 0.3) is 5.91 Å². The molecule has 0 saturated heterocycles. The van der Waals surface area contributed by atoms with Gasteiger partial charge < -0.3 is 35.1 Å². The molecule has 9 heteroatoms. The van der Waals surface area contributed by atoms with E-state index < -0.39 is 6.03 Å². The zero-order valence-electron chi connectivity index (χ0n) is 20.4. The van der Waals surface area contributed by atoms with Crippen molar-refractivity contribution in [3.8, 4) is 11.5 Å². The molecule has 0 spiro atoms. The fourth-order valence-corrected chi connectivity index (χ4v) is 3.73. The van der Waals surface area contributed by atoms with Crippen molar-refractivity contribution < 1.29 is 23.8 Å². The van der Waals surface area contributed by atoms with E-state index >= 15 is 0 Å². The molecule has 9 nitrogen and oxygen atoms in total. The van der Waals surface area contributed by atoms with Crippen molar-refractivity contribution in [2.45, 2.75) is 26.0 Å². The minimum absolute atomic E-state index is 0.0894. The second kappa shape index (κ2) is 11.7. The van der Waals surface area contributed by atoms with Gasteiger partial charge in [0, 0.05) is 50.7 Å². The number of carbonyl (C=O) groups excluding carboxylic acids is 2. The summed E-state index contributed by atoms with van der Waals surface area (Å²) < 4.78 is 16.8. The molecule has 1 aliphatic heterocycles. The average molecular weight is 471 g/mol. The predicted molar refractivity (Wildman–Crippen MR) is 132 cm³/mol. The summed E-state index contributed by atoms with van der Waals surface area (Å²) in [6.07, 6.45) is -0.118. The van der Waals surface area contributed by atoms with E-state index in [1.807, 2.05) is 6.92 Å². The number of nitrogens with zero attached hydrogens (tertiary/aromatic N) is 1. The molecule has 3 rings (SSSR count). The Kier molecular flexibility index (Phi) is 8.72. The summed E-state index contributed by atoms with van der Waals surface area (Å²) in [4.78, 5) is 27.5. The molecule has 2 aromatic carbocycles. The van der Waals surface area contributed by atoms with Gasteiger partial charge in [0.2, 0.25) is 0 Å². The Morgan fingerprint density at radius 3 is 2.56 bits per heavy atom. The molecule has 2 aromatic rings. The van der Waals surface area contributed by atoms with Crippen molar-refractivity contribution >= 4 is 23.3 Å². The zero-order valence-corrected chi connectivity index (χ0v) is 20.4. The number of methoxy groups -OCH3 is 2. The van der Waals surface area contributed by atoms with Crippen LogP contribution in [0.3, 0.4) is 0 Å². The molecule has 0 aliphatic carbocycles. The highest BCUT2D eigenvalue weighted by atomic mass is 16.5. The lowest BCUT2D eigenvalue weighted by molar-refractivity contribution is 0.0281. The molecule has 3 N–H and O–H groups in total. The maximum atomic E-state index is 13.3. The first kappa shape index (κ1) is 25.3. The number of nitrogens with one attached hydrogen (secondary N) is 3. The Bertz CT molecular complexity index is 999.